The molecule has 1 aromatic rings. The van der Waals surface area contributed by atoms with Crippen LogP contribution in [0.4, 0.5) is 0 Å². The molecule has 3 nitrogen and oxygen atoms in total. The van der Waals surface area contributed by atoms with E-state index in [4.69, 9.17) is 10.2 Å². The molecule has 4 heteroatoms. The first-order chi connectivity index (χ1) is 4.70. The van der Waals surface area contributed by atoms with Crippen molar-refractivity contribution in [2.45, 2.75) is 0 Å². The minimum atomic E-state index is -1.03. The van der Waals surface area contributed by atoms with E-state index >= 15 is 0 Å². The minimum absolute atomic E-state index is 0. The van der Waals surface area contributed by atoms with Gasteiger partial charge in [-0.15, -0.1) is 0 Å². The molecule has 0 radical (unpaired) electrons. The Bertz CT molecular complexity index is 265. The molecule has 0 atom stereocenters. The quantitative estimate of drug-likeness (QED) is 0.499. The van der Waals surface area contributed by atoms with Crippen molar-refractivity contribution < 1.29 is 67.8 Å². The second-order valence-corrected chi connectivity index (χ2v) is 1.86. The van der Waals surface area contributed by atoms with Crippen LogP contribution < -0.4 is 51.4 Å². The van der Waals surface area contributed by atoms with Crippen molar-refractivity contribution in [3.05, 3.63) is 29.8 Å². The summed E-state index contributed by atoms with van der Waals surface area (Å²) in [4.78, 5) is 10.2. The molecule has 0 bridgehead atoms. The van der Waals surface area contributed by atoms with Crippen LogP contribution in [-0.2, 0) is 0 Å². The predicted octanol–water partition coefficient (Wildman–Crippen LogP) is -1.79. The summed E-state index contributed by atoms with van der Waals surface area (Å²) in [5.41, 5.74) is 0.0972. The fraction of sp³-hybridized carbons (Fsp3) is 0. The summed E-state index contributed by atoms with van der Waals surface area (Å²) in [5, 5.41) is 17.2. The number of aromatic hydroxyl groups is 1. The number of phenols is 1. The van der Waals surface area contributed by atoms with Crippen molar-refractivity contribution in [1.82, 2.24) is 0 Å². The summed E-state index contributed by atoms with van der Waals surface area (Å²) >= 11 is 0. The average molecular weight is 178 g/mol. The Labute approximate surface area is 108 Å². The van der Waals surface area contributed by atoms with Gasteiger partial charge in [0.05, 0.1) is 5.56 Å². The van der Waals surface area contributed by atoms with Crippen LogP contribution >= 0.6 is 0 Å². The molecule has 54 valence electrons. The van der Waals surface area contributed by atoms with Gasteiger partial charge in [-0.2, -0.15) is 0 Å². The molecule has 0 aliphatic carbocycles. The summed E-state index contributed by atoms with van der Waals surface area (Å²) in [6, 6.07) is 5.52. The zero-order chi connectivity index (χ0) is 7.56. The summed E-state index contributed by atoms with van der Waals surface area (Å²) < 4.78 is 0. The van der Waals surface area contributed by atoms with Crippen molar-refractivity contribution >= 4 is 5.97 Å². The topological polar surface area (TPSA) is 57.5 Å². The third-order valence-corrected chi connectivity index (χ3v) is 1.09. The second kappa shape index (κ2) is 4.90. The Hall–Kier alpha value is 0.126. The standard InChI is InChI=1S/C7H6O3.K.H/c8-6-3-1-2-5(4-6)7(9)10;;/h1-4,8H,(H,9,10);;/q;+1;-1. The zero-order valence-electron chi connectivity index (χ0n) is 7.11. The van der Waals surface area contributed by atoms with Crippen molar-refractivity contribution in [3.63, 3.8) is 0 Å². The van der Waals surface area contributed by atoms with Crippen molar-refractivity contribution in [3.8, 4) is 5.75 Å². The van der Waals surface area contributed by atoms with Gasteiger partial charge in [0.2, 0.25) is 0 Å². The molecular weight excluding hydrogens is 171 g/mol. The maximum atomic E-state index is 10.2. The molecule has 1 aromatic carbocycles. The molecule has 0 saturated heterocycles. The van der Waals surface area contributed by atoms with Gasteiger partial charge in [0.1, 0.15) is 5.75 Å². The van der Waals surface area contributed by atoms with Crippen LogP contribution in [0, 0.1) is 0 Å². The number of hydrogen-bond acceptors (Lipinski definition) is 2. The number of carbonyl (C=O) groups is 1. The fourth-order valence-corrected chi connectivity index (χ4v) is 0.639. The number of rotatable bonds is 1. The van der Waals surface area contributed by atoms with E-state index in [9.17, 15) is 4.79 Å². The van der Waals surface area contributed by atoms with E-state index in [1.807, 2.05) is 0 Å². The molecule has 0 heterocycles. The molecule has 0 saturated carbocycles. The van der Waals surface area contributed by atoms with Gasteiger partial charge in [-0.3, -0.25) is 0 Å². The van der Waals surface area contributed by atoms with Crippen LogP contribution in [0.3, 0.4) is 0 Å². The van der Waals surface area contributed by atoms with Crippen LogP contribution in [0.2, 0.25) is 0 Å². The Morgan fingerprint density at radius 1 is 1.45 bits per heavy atom. The number of aromatic carboxylic acids is 1. The van der Waals surface area contributed by atoms with Crippen molar-refractivity contribution in [1.29, 1.82) is 0 Å². The van der Waals surface area contributed by atoms with Gasteiger partial charge in [0, 0.05) is 0 Å². The summed E-state index contributed by atoms with van der Waals surface area (Å²) in [7, 11) is 0. The Morgan fingerprint density at radius 3 is 2.45 bits per heavy atom. The molecule has 1 rings (SSSR count). The van der Waals surface area contributed by atoms with Crippen LogP contribution in [0.5, 0.6) is 5.75 Å². The van der Waals surface area contributed by atoms with Crippen molar-refractivity contribution in [2.75, 3.05) is 0 Å². The number of benzene rings is 1. The van der Waals surface area contributed by atoms with E-state index in [1.165, 1.54) is 24.3 Å². The van der Waals surface area contributed by atoms with Crippen LogP contribution in [0.25, 0.3) is 0 Å². The second-order valence-electron chi connectivity index (χ2n) is 1.86. The molecule has 0 unspecified atom stereocenters. The molecule has 0 fully saturated rings. The van der Waals surface area contributed by atoms with Crippen LogP contribution in [0.15, 0.2) is 24.3 Å². The first-order valence-electron chi connectivity index (χ1n) is 2.72. The molecule has 0 aliphatic rings. The molecular formula is C7H7KO3. The minimum Gasteiger partial charge on any atom is -1.00 e. The fourth-order valence-electron chi connectivity index (χ4n) is 0.639. The van der Waals surface area contributed by atoms with E-state index in [2.05, 4.69) is 0 Å². The Morgan fingerprint density at radius 2 is 2.09 bits per heavy atom. The van der Waals surface area contributed by atoms with Crippen molar-refractivity contribution in [2.24, 2.45) is 0 Å². The van der Waals surface area contributed by atoms with Gasteiger partial charge in [0.15, 0.2) is 0 Å². The first-order valence-corrected chi connectivity index (χ1v) is 2.72. The summed E-state index contributed by atoms with van der Waals surface area (Å²) in [6.45, 7) is 0. The van der Waals surface area contributed by atoms with E-state index in [0.717, 1.165) is 0 Å². The average Bonchev–Trinajstić information content (AvgIpc) is 1.88. The molecule has 11 heavy (non-hydrogen) atoms. The summed E-state index contributed by atoms with van der Waals surface area (Å²) in [6.07, 6.45) is 0. The van der Waals surface area contributed by atoms with Gasteiger partial charge >= 0.3 is 57.4 Å². The number of carboxylic acid groups (broad SMARTS) is 1. The maximum absolute atomic E-state index is 10.2. The third-order valence-electron chi connectivity index (χ3n) is 1.09. The monoisotopic (exact) mass is 178 g/mol. The van der Waals surface area contributed by atoms with Gasteiger partial charge < -0.3 is 11.6 Å². The molecule has 0 spiro atoms. The SMILES string of the molecule is O=C(O)c1cccc(O)c1.[H-].[K+]. The summed E-state index contributed by atoms with van der Waals surface area (Å²) in [5.74, 6) is -1.06. The Balaban J connectivity index is 0. The smallest absolute Gasteiger partial charge is 1.00 e. The zero-order valence-corrected chi connectivity index (χ0v) is 9.24. The molecule has 0 aromatic heterocycles. The Kier molecular flexibility index (Phi) is 4.95. The number of hydrogen-bond donors (Lipinski definition) is 2. The largest absolute Gasteiger partial charge is 1.00 e. The third kappa shape index (κ3) is 3.35. The van der Waals surface area contributed by atoms with Gasteiger partial charge in [0.25, 0.3) is 0 Å². The van der Waals surface area contributed by atoms with E-state index in [0.29, 0.717) is 0 Å². The van der Waals surface area contributed by atoms with Gasteiger partial charge in [-0.05, 0) is 18.2 Å². The van der Waals surface area contributed by atoms with Gasteiger partial charge in [-0.1, -0.05) is 6.07 Å². The number of carboxylic acids is 1. The predicted molar refractivity (Wildman–Crippen MR) is 36.2 cm³/mol. The first kappa shape index (κ1) is 11.1. The molecule has 0 amide bonds. The van der Waals surface area contributed by atoms with Crippen LogP contribution in [0.1, 0.15) is 11.8 Å². The van der Waals surface area contributed by atoms with Gasteiger partial charge in [-0.25, -0.2) is 4.79 Å². The van der Waals surface area contributed by atoms with Crippen LogP contribution in [-0.4, -0.2) is 16.2 Å². The normalized spacial score (nSPS) is 8.36. The van der Waals surface area contributed by atoms with E-state index < -0.39 is 5.97 Å². The molecule has 2 N–H and O–H groups in total. The maximum Gasteiger partial charge on any atom is 1.00 e. The molecule has 0 aliphatic heterocycles. The van der Waals surface area contributed by atoms with E-state index in [-0.39, 0.29) is 64.1 Å². The van der Waals surface area contributed by atoms with E-state index in [1.54, 1.807) is 0 Å². The number of phenolic OH excluding ortho intramolecular Hbond substituents is 1.